The van der Waals surface area contributed by atoms with Crippen LogP contribution in [0.15, 0.2) is 24.3 Å². The number of rotatable bonds is 1. The second kappa shape index (κ2) is 4.56. The summed E-state index contributed by atoms with van der Waals surface area (Å²) in [6.45, 7) is 0.874. The average molecular weight is 247 g/mol. The molecule has 3 nitrogen and oxygen atoms in total. The van der Waals surface area contributed by atoms with E-state index in [1.54, 1.807) is 12.1 Å². The highest BCUT2D eigenvalue weighted by atomic mass is 16.3. The summed E-state index contributed by atoms with van der Waals surface area (Å²) >= 11 is 0. The zero-order valence-corrected chi connectivity index (χ0v) is 10.6. The topological polar surface area (TPSA) is 52.5 Å². The number of fused-ring (bicyclic) bond motifs is 1. The molecule has 0 spiro atoms. The van der Waals surface area contributed by atoms with Gasteiger partial charge in [0.25, 0.3) is 0 Å². The van der Waals surface area contributed by atoms with Crippen LogP contribution in [0, 0.1) is 5.92 Å². The highest BCUT2D eigenvalue weighted by Crippen LogP contribution is 2.45. The van der Waals surface area contributed by atoms with Gasteiger partial charge in [-0.1, -0.05) is 25.0 Å². The van der Waals surface area contributed by atoms with Gasteiger partial charge in [0.2, 0.25) is 0 Å². The van der Waals surface area contributed by atoms with E-state index in [2.05, 4.69) is 5.32 Å². The largest absolute Gasteiger partial charge is 0.508 e. The molecular formula is C15H21NO2. The first-order chi connectivity index (χ1) is 8.69. The molecule has 1 saturated carbocycles. The minimum atomic E-state index is -0.480. The van der Waals surface area contributed by atoms with Gasteiger partial charge in [0.1, 0.15) is 5.75 Å². The first-order valence-corrected chi connectivity index (χ1v) is 6.94. The molecule has 1 heterocycles. The van der Waals surface area contributed by atoms with Crippen molar-refractivity contribution in [2.24, 2.45) is 5.92 Å². The quantitative estimate of drug-likeness (QED) is 0.714. The molecule has 98 valence electrons. The van der Waals surface area contributed by atoms with Gasteiger partial charge in [0.05, 0.1) is 5.60 Å². The van der Waals surface area contributed by atoms with Crippen molar-refractivity contribution in [3.63, 3.8) is 0 Å². The molecule has 3 heteroatoms. The maximum absolute atomic E-state index is 10.8. The number of aliphatic hydroxyl groups is 1. The van der Waals surface area contributed by atoms with E-state index in [-0.39, 0.29) is 6.04 Å². The molecule has 2 aliphatic rings. The van der Waals surface area contributed by atoms with Crippen LogP contribution in [-0.4, -0.2) is 22.4 Å². The van der Waals surface area contributed by atoms with Gasteiger partial charge in [0, 0.05) is 12.0 Å². The van der Waals surface area contributed by atoms with Crippen LogP contribution >= 0.6 is 0 Å². The van der Waals surface area contributed by atoms with Crippen molar-refractivity contribution < 1.29 is 10.2 Å². The molecule has 3 rings (SSSR count). The number of hydrogen-bond donors (Lipinski definition) is 3. The SMILES string of the molecule is Oc1ccc(C2NCCC3(O)CCCCC23)cc1. The Morgan fingerprint density at radius 3 is 2.67 bits per heavy atom. The highest BCUT2D eigenvalue weighted by molar-refractivity contribution is 5.29. The van der Waals surface area contributed by atoms with E-state index >= 15 is 0 Å². The van der Waals surface area contributed by atoms with E-state index in [0.717, 1.165) is 32.2 Å². The summed E-state index contributed by atoms with van der Waals surface area (Å²) in [5, 5.41) is 23.7. The van der Waals surface area contributed by atoms with Crippen LogP contribution in [0.5, 0.6) is 5.75 Å². The number of benzene rings is 1. The Morgan fingerprint density at radius 2 is 1.89 bits per heavy atom. The maximum Gasteiger partial charge on any atom is 0.115 e. The van der Waals surface area contributed by atoms with E-state index in [1.165, 1.54) is 12.0 Å². The smallest absolute Gasteiger partial charge is 0.115 e. The monoisotopic (exact) mass is 247 g/mol. The molecule has 1 aromatic rings. The van der Waals surface area contributed by atoms with Gasteiger partial charge in [-0.15, -0.1) is 0 Å². The molecule has 0 amide bonds. The van der Waals surface area contributed by atoms with E-state index in [9.17, 15) is 10.2 Å². The van der Waals surface area contributed by atoms with E-state index in [4.69, 9.17) is 0 Å². The molecule has 3 atom stereocenters. The third kappa shape index (κ3) is 2.02. The minimum Gasteiger partial charge on any atom is -0.508 e. The van der Waals surface area contributed by atoms with Crippen LogP contribution in [0.2, 0.25) is 0 Å². The summed E-state index contributed by atoms with van der Waals surface area (Å²) in [5.74, 6) is 0.609. The van der Waals surface area contributed by atoms with E-state index < -0.39 is 5.60 Å². The second-order valence-corrected chi connectivity index (χ2v) is 5.73. The first kappa shape index (κ1) is 12.0. The fourth-order valence-electron chi connectivity index (χ4n) is 3.65. The zero-order chi connectivity index (χ0) is 12.6. The Hall–Kier alpha value is -1.06. The molecule has 3 N–H and O–H groups in total. The number of phenolic OH excluding ortho intramolecular Hbond substituents is 1. The Kier molecular flexibility index (Phi) is 3.04. The third-order valence-electron chi connectivity index (χ3n) is 4.64. The Balaban J connectivity index is 1.88. The van der Waals surface area contributed by atoms with Gasteiger partial charge >= 0.3 is 0 Å². The van der Waals surface area contributed by atoms with Gasteiger partial charge in [-0.25, -0.2) is 0 Å². The van der Waals surface area contributed by atoms with Crippen LogP contribution in [0.3, 0.4) is 0 Å². The van der Waals surface area contributed by atoms with Crippen molar-refractivity contribution in [1.29, 1.82) is 0 Å². The van der Waals surface area contributed by atoms with E-state index in [0.29, 0.717) is 11.7 Å². The van der Waals surface area contributed by atoms with Gasteiger partial charge in [-0.3, -0.25) is 0 Å². The van der Waals surface area contributed by atoms with Gasteiger partial charge < -0.3 is 15.5 Å². The van der Waals surface area contributed by atoms with Crippen LogP contribution in [0.25, 0.3) is 0 Å². The summed E-state index contributed by atoms with van der Waals surface area (Å²) in [6.07, 6.45) is 5.26. The number of nitrogens with one attached hydrogen (secondary N) is 1. The maximum atomic E-state index is 10.8. The van der Waals surface area contributed by atoms with Crippen LogP contribution < -0.4 is 5.32 Å². The summed E-state index contributed by atoms with van der Waals surface area (Å²) in [4.78, 5) is 0. The minimum absolute atomic E-state index is 0.227. The van der Waals surface area contributed by atoms with E-state index in [1.807, 2.05) is 12.1 Å². The van der Waals surface area contributed by atoms with Crippen molar-refractivity contribution in [3.05, 3.63) is 29.8 Å². The Labute approximate surface area is 108 Å². The normalized spacial score (nSPS) is 36.1. The summed E-state index contributed by atoms with van der Waals surface area (Å²) < 4.78 is 0. The molecular weight excluding hydrogens is 226 g/mol. The van der Waals surface area contributed by atoms with Crippen LogP contribution in [-0.2, 0) is 0 Å². The van der Waals surface area contributed by atoms with Crippen molar-refractivity contribution in [2.75, 3.05) is 6.54 Å². The number of phenols is 1. The lowest BCUT2D eigenvalue weighted by Crippen LogP contribution is -2.53. The average Bonchev–Trinajstić information content (AvgIpc) is 2.38. The van der Waals surface area contributed by atoms with Crippen LogP contribution in [0.1, 0.15) is 43.7 Å². The number of aromatic hydroxyl groups is 1. The lowest BCUT2D eigenvalue weighted by atomic mass is 9.67. The fourth-order valence-corrected chi connectivity index (χ4v) is 3.65. The first-order valence-electron chi connectivity index (χ1n) is 6.94. The lowest BCUT2D eigenvalue weighted by Gasteiger charge is -2.48. The van der Waals surface area contributed by atoms with Crippen molar-refractivity contribution in [2.45, 2.75) is 43.7 Å². The van der Waals surface area contributed by atoms with Crippen LogP contribution in [0.4, 0.5) is 0 Å². The predicted molar refractivity (Wildman–Crippen MR) is 70.4 cm³/mol. The molecule has 1 aromatic carbocycles. The summed E-state index contributed by atoms with van der Waals surface area (Å²) in [7, 11) is 0. The van der Waals surface area contributed by atoms with Gasteiger partial charge in [0.15, 0.2) is 0 Å². The molecule has 1 aliphatic carbocycles. The number of hydrogen-bond acceptors (Lipinski definition) is 3. The molecule has 2 fully saturated rings. The lowest BCUT2D eigenvalue weighted by molar-refractivity contribution is -0.0861. The molecule has 1 aliphatic heterocycles. The molecule has 3 unspecified atom stereocenters. The second-order valence-electron chi connectivity index (χ2n) is 5.73. The fraction of sp³-hybridized carbons (Fsp3) is 0.600. The molecule has 0 bridgehead atoms. The van der Waals surface area contributed by atoms with Gasteiger partial charge in [-0.05, 0) is 43.5 Å². The number of piperidine rings is 1. The molecule has 18 heavy (non-hydrogen) atoms. The van der Waals surface area contributed by atoms with Crippen molar-refractivity contribution in [1.82, 2.24) is 5.32 Å². The summed E-state index contributed by atoms with van der Waals surface area (Å²) in [5.41, 5.74) is 0.698. The zero-order valence-electron chi connectivity index (χ0n) is 10.6. The molecule has 1 saturated heterocycles. The van der Waals surface area contributed by atoms with Gasteiger partial charge in [-0.2, -0.15) is 0 Å². The predicted octanol–water partition coefficient (Wildman–Crippen LogP) is 2.35. The third-order valence-corrected chi connectivity index (χ3v) is 4.64. The standard InChI is InChI=1S/C15H21NO2/c17-12-6-4-11(5-7-12)14-13-3-1-2-8-15(13,18)9-10-16-14/h4-7,13-14,16-18H,1-3,8-10H2. The van der Waals surface area contributed by atoms with Crippen molar-refractivity contribution in [3.8, 4) is 5.75 Å². The van der Waals surface area contributed by atoms with Crippen molar-refractivity contribution >= 4 is 0 Å². The summed E-state index contributed by atoms with van der Waals surface area (Å²) in [6, 6.07) is 7.62. The molecule has 0 radical (unpaired) electrons. The molecule has 0 aromatic heterocycles. The Morgan fingerprint density at radius 1 is 1.11 bits per heavy atom. The highest BCUT2D eigenvalue weighted by Gasteiger charge is 2.45. The Bertz CT molecular complexity index is 413.